The second kappa shape index (κ2) is 19.5. The largest absolute Gasteiger partial charge is 0.501 e. The lowest BCUT2D eigenvalue weighted by Crippen LogP contribution is -2.59. The predicted molar refractivity (Wildman–Crippen MR) is 153 cm³/mol. The second-order valence-electron chi connectivity index (χ2n) is 10.1. The number of esters is 1. The molecule has 41 heavy (non-hydrogen) atoms. The molecule has 0 radical (unpaired) electrons. The summed E-state index contributed by atoms with van der Waals surface area (Å²) < 4.78 is 22.2. The molecule has 1 saturated heterocycles. The van der Waals surface area contributed by atoms with E-state index in [2.05, 4.69) is 0 Å². The molecule has 10 heteroatoms. The first kappa shape index (κ1) is 34.6. The first-order valence-corrected chi connectivity index (χ1v) is 14.2. The number of hydrogen-bond acceptors (Lipinski definition) is 10. The summed E-state index contributed by atoms with van der Waals surface area (Å²) in [5, 5.41) is 50.2. The van der Waals surface area contributed by atoms with E-state index in [4.69, 9.17) is 18.9 Å². The van der Waals surface area contributed by atoms with Gasteiger partial charge in [0.25, 0.3) is 0 Å². The van der Waals surface area contributed by atoms with Gasteiger partial charge in [-0.15, -0.1) is 0 Å². The van der Waals surface area contributed by atoms with Gasteiger partial charge in [0, 0.05) is 12.5 Å². The Morgan fingerprint density at radius 2 is 1.68 bits per heavy atom. The number of cyclic esters (lactones) is 1. The smallest absolute Gasteiger partial charge is 0.331 e. The van der Waals surface area contributed by atoms with Gasteiger partial charge in [-0.2, -0.15) is 0 Å². The Morgan fingerprint density at radius 3 is 2.44 bits per heavy atom. The van der Waals surface area contributed by atoms with Crippen molar-refractivity contribution in [3.05, 3.63) is 72.6 Å². The monoisotopic (exact) mass is 578 g/mol. The maximum atomic E-state index is 12.2. The van der Waals surface area contributed by atoms with Gasteiger partial charge in [-0.1, -0.05) is 54.7 Å². The van der Waals surface area contributed by atoms with Crippen LogP contribution < -0.4 is 0 Å². The van der Waals surface area contributed by atoms with E-state index < -0.39 is 55.5 Å². The first-order chi connectivity index (χ1) is 19.7. The van der Waals surface area contributed by atoms with Crippen molar-refractivity contribution in [3.8, 4) is 0 Å². The Bertz CT molecular complexity index is 935. The number of rotatable bonds is 4. The molecule has 0 spiro atoms. The normalized spacial score (nSPS) is 38.7. The maximum absolute atomic E-state index is 12.2. The van der Waals surface area contributed by atoms with Gasteiger partial charge in [0.2, 0.25) is 0 Å². The fraction of sp³-hybridized carbons (Fsp3) is 0.581. The summed E-state index contributed by atoms with van der Waals surface area (Å²) in [7, 11) is 1.63. The molecule has 2 aliphatic rings. The molecule has 2 rings (SSSR count). The molecule has 0 aromatic carbocycles. The summed E-state index contributed by atoms with van der Waals surface area (Å²) in [5.74, 6) is 0.381. The van der Waals surface area contributed by atoms with Gasteiger partial charge in [0.1, 0.15) is 24.4 Å². The minimum Gasteiger partial charge on any atom is -0.501 e. The van der Waals surface area contributed by atoms with E-state index in [0.29, 0.717) is 38.5 Å². The molecule has 0 unspecified atom stereocenters. The van der Waals surface area contributed by atoms with Gasteiger partial charge in [0.15, 0.2) is 6.29 Å². The van der Waals surface area contributed by atoms with Crippen LogP contribution >= 0.6 is 0 Å². The quantitative estimate of drug-likeness (QED) is 0.314. The van der Waals surface area contributed by atoms with Crippen molar-refractivity contribution >= 4 is 5.97 Å². The van der Waals surface area contributed by atoms with E-state index in [1.54, 1.807) is 43.6 Å². The van der Waals surface area contributed by atoms with E-state index in [1.165, 1.54) is 6.08 Å². The summed E-state index contributed by atoms with van der Waals surface area (Å²) in [4.78, 5) is 12.2. The van der Waals surface area contributed by atoms with Crippen molar-refractivity contribution in [2.45, 2.75) is 101 Å². The third-order valence-electron chi connectivity index (χ3n) is 6.68. The van der Waals surface area contributed by atoms with Crippen LogP contribution in [0.1, 0.15) is 51.9 Å². The SMILES string of the molecule is CO/C1=C/C=C/CC[C@@H](O)C/C=C/C=C/[C@@H](O[C@@H]2O[C@H](CO)[C@@H](O)[C@H](O)[C@H]2O)C/C=C/C=C\C(=O)O[C@@H](C)CCC1. The van der Waals surface area contributed by atoms with Crippen LogP contribution in [0.3, 0.4) is 0 Å². The Balaban J connectivity index is 2.12. The van der Waals surface area contributed by atoms with Gasteiger partial charge < -0.3 is 44.5 Å². The lowest BCUT2D eigenvalue weighted by Gasteiger charge is -2.40. The van der Waals surface area contributed by atoms with E-state index in [0.717, 1.165) is 12.2 Å². The Labute approximate surface area is 242 Å². The van der Waals surface area contributed by atoms with Gasteiger partial charge in [-0.05, 0) is 51.5 Å². The fourth-order valence-corrected chi connectivity index (χ4v) is 4.25. The highest BCUT2D eigenvalue weighted by Gasteiger charge is 2.44. The highest BCUT2D eigenvalue weighted by atomic mass is 16.7. The summed E-state index contributed by atoms with van der Waals surface area (Å²) in [6.45, 7) is 1.28. The van der Waals surface area contributed by atoms with Crippen LogP contribution in [-0.4, -0.2) is 94.2 Å². The van der Waals surface area contributed by atoms with Crippen LogP contribution in [0.25, 0.3) is 0 Å². The van der Waals surface area contributed by atoms with Crippen LogP contribution in [0.2, 0.25) is 0 Å². The van der Waals surface area contributed by atoms with Crippen molar-refractivity contribution < 1.29 is 49.3 Å². The van der Waals surface area contributed by atoms with E-state index in [9.17, 15) is 30.3 Å². The van der Waals surface area contributed by atoms with Crippen LogP contribution in [0.5, 0.6) is 0 Å². The molecule has 0 bridgehead atoms. The number of methoxy groups -OCH3 is 1. The molecule has 5 N–H and O–H groups in total. The number of aliphatic hydroxyl groups is 5. The molecule has 230 valence electrons. The van der Waals surface area contributed by atoms with Crippen molar-refractivity contribution in [2.24, 2.45) is 0 Å². The van der Waals surface area contributed by atoms with Crippen LogP contribution in [-0.2, 0) is 23.7 Å². The van der Waals surface area contributed by atoms with Gasteiger partial charge in [-0.25, -0.2) is 4.79 Å². The third-order valence-corrected chi connectivity index (χ3v) is 6.68. The standard InChI is InChI=1S/C31H46O10/c1-22-13-12-19-24(38-2)16-8-3-6-14-23(33)15-7-4-9-17-25(18-10-5-11-20-27(34)39-22)40-31-30(37)29(36)28(35)26(21-32)41-31/h3-5,7-11,16-17,20,22-23,25-26,28-33,35-37H,6,12-15,18-19,21H2,1-2H3/b7-4+,8-3+,10-5+,17-9+,20-11-,24-16+/t22-,23+,25+,26+,28+,29-,30+,31+/m0/s1. The number of hydrogen-bond donors (Lipinski definition) is 5. The van der Waals surface area contributed by atoms with Crippen LogP contribution in [0, 0.1) is 0 Å². The minimum atomic E-state index is -1.55. The Morgan fingerprint density at radius 1 is 0.927 bits per heavy atom. The number of carbonyl (C=O) groups excluding carboxylic acids is 1. The fourth-order valence-electron chi connectivity index (χ4n) is 4.25. The number of carbonyl (C=O) groups is 1. The zero-order valence-electron chi connectivity index (χ0n) is 23.9. The predicted octanol–water partition coefficient (Wildman–Crippen LogP) is 2.52. The molecule has 0 amide bonds. The molecule has 2 aliphatic heterocycles. The molecule has 0 aliphatic carbocycles. The molecule has 0 saturated carbocycles. The third kappa shape index (κ3) is 13.3. The molecule has 0 aromatic heterocycles. The molecule has 8 atom stereocenters. The molecular weight excluding hydrogens is 532 g/mol. The molecule has 0 aromatic rings. The zero-order valence-corrected chi connectivity index (χ0v) is 23.9. The van der Waals surface area contributed by atoms with Gasteiger partial charge in [0.05, 0.1) is 37.8 Å². The van der Waals surface area contributed by atoms with Crippen LogP contribution in [0.4, 0.5) is 0 Å². The average Bonchev–Trinajstić information content (AvgIpc) is 2.95. The Kier molecular flexibility index (Phi) is 16.5. The zero-order chi connectivity index (χ0) is 30.0. The summed E-state index contributed by atoms with van der Waals surface area (Å²) in [6, 6.07) is 0. The minimum absolute atomic E-state index is 0.258. The van der Waals surface area contributed by atoms with Crippen molar-refractivity contribution in [2.75, 3.05) is 13.7 Å². The maximum Gasteiger partial charge on any atom is 0.331 e. The topological polar surface area (TPSA) is 155 Å². The highest BCUT2D eigenvalue weighted by molar-refractivity contribution is 5.82. The van der Waals surface area contributed by atoms with Gasteiger partial charge in [-0.3, -0.25) is 0 Å². The number of allylic oxidation sites excluding steroid dienone is 8. The average molecular weight is 579 g/mol. The molecule has 2 heterocycles. The van der Waals surface area contributed by atoms with Gasteiger partial charge >= 0.3 is 5.97 Å². The highest BCUT2D eigenvalue weighted by Crippen LogP contribution is 2.24. The van der Waals surface area contributed by atoms with E-state index in [1.807, 2.05) is 31.2 Å². The molecular formula is C31H46O10. The second-order valence-corrected chi connectivity index (χ2v) is 10.1. The lowest BCUT2D eigenvalue weighted by molar-refractivity contribution is -0.307. The number of aliphatic hydroxyl groups excluding tert-OH is 5. The number of ether oxygens (including phenoxy) is 4. The van der Waals surface area contributed by atoms with E-state index >= 15 is 0 Å². The summed E-state index contributed by atoms with van der Waals surface area (Å²) in [5.41, 5.74) is 0. The lowest BCUT2D eigenvalue weighted by atomic mass is 9.99. The first-order valence-electron chi connectivity index (χ1n) is 14.2. The molecule has 10 nitrogen and oxygen atoms in total. The van der Waals surface area contributed by atoms with Crippen molar-refractivity contribution in [3.63, 3.8) is 0 Å². The summed E-state index contributed by atoms with van der Waals surface area (Å²) in [6.07, 6.45) is 15.1. The molecule has 1 fully saturated rings. The Hall–Kier alpha value is -2.57. The van der Waals surface area contributed by atoms with Crippen molar-refractivity contribution in [1.29, 1.82) is 0 Å². The van der Waals surface area contributed by atoms with Crippen molar-refractivity contribution in [1.82, 2.24) is 0 Å². The van der Waals surface area contributed by atoms with Crippen LogP contribution in [0.15, 0.2) is 72.6 Å². The van der Waals surface area contributed by atoms with E-state index in [-0.39, 0.29) is 6.10 Å². The summed E-state index contributed by atoms with van der Waals surface area (Å²) >= 11 is 0.